The molecule has 0 fully saturated rings. The number of aryl methyl sites for hydroxylation is 1. The quantitative estimate of drug-likeness (QED) is 0.918. The van der Waals surface area contributed by atoms with Gasteiger partial charge in [-0.15, -0.1) is 0 Å². The van der Waals surface area contributed by atoms with E-state index < -0.39 is 17.8 Å². The first-order valence-corrected chi connectivity index (χ1v) is 6.76. The second-order valence-corrected chi connectivity index (χ2v) is 4.78. The zero-order valence-electron chi connectivity index (χ0n) is 11.9. The fourth-order valence-corrected chi connectivity index (χ4v) is 2.31. The largest absolute Gasteiger partial charge is 0.416 e. The summed E-state index contributed by atoms with van der Waals surface area (Å²) in [7, 11) is 0. The van der Waals surface area contributed by atoms with Crippen LogP contribution < -0.4 is 5.32 Å². The Hall–Kier alpha value is -1.88. The van der Waals surface area contributed by atoms with Crippen molar-refractivity contribution in [2.45, 2.75) is 26.1 Å². The Morgan fingerprint density at radius 2 is 1.81 bits per heavy atom. The van der Waals surface area contributed by atoms with Crippen molar-refractivity contribution in [2.75, 3.05) is 6.54 Å². The molecule has 0 saturated carbocycles. The number of alkyl halides is 3. The lowest BCUT2D eigenvalue weighted by molar-refractivity contribution is -0.138. The number of pyridine rings is 1. The normalized spacial score (nSPS) is 13.2. The molecule has 1 aromatic heterocycles. The molecule has 1 aromatic carbocycles. The summed E-state index contributed by atoms with van der Waals surface area (Å²) in [4.78, 5) is 4.36. The van der Waals surface area contributed by atoms with E-state index in [0.717, 1.165) is 11.8 Å². The van der Waals surface area contributed by atoms with Crippen LogP contribution in [-0.2, 0) is 6.18 Å². The molecule has 5 heteroatoms. The van der Waals surface area contributed by atoms with Crippen LogP contribution in [0.2, 0.25) is 0 Å². The van der Waals surface area contributed by atoms with Crippen LogP contribution in [0.4, 0.5) is 13.2 Å². The van der Waals surface area contributed by atoms with Gasteiger partial charge in [0.25, 0.3) is 0 Å². The van der Waals surface area contributed by atoms with E-state index in [4.69, 9.17) is 0 Å². The van der Waals surface area contributed by atoms with E-state index in [-0.39, 0.29) is 5.56 Å². The van der Waals surface area contributed by atoms with Crippen molar-refractivity contribution < 1.29 is 13.2 Å². The number of halogens is 3. The maximum Gasteiger partial charge on any atom is 0.416 e. The third kappa shape index (κ3) is 3.61. The standard InChI is InChI=1S/C16H17F3N2/c1-3-20-15(14-10-6-7-11(2)21-14)12-8-4-5-9-13(12)16(17,18)19/h4-10,15,20H,3H2,1-2H3. The van der Waals surface area contributed by atoms with Crippen LogP contribution >= 0.6 is 0 Å². The van der Waals surface area contributed by atoms with Gasteiger partial charge in [-0.05, 0) is 37.2 Å². The molecule has 1 unspecified atom stereocenters. The zero-order chi connectivity index (χ0) is 15.5. The van der Waals surface area contributed by atoms with Crippen molar-refractivity contribution in [3.8, 4) is 0 Å². The first-order valence-electron chi connectivity index (χ1n) is 6.76. The third-order valence-corrected chi connectivity index (χ3v) is 3.19. The summed E-state index contributed by atoms with van der Waals surface area (Å²) in [5, 5.41) is 3.09. The smallest absolute Gasteiger partial charge is 0.305 e. The van der Waals surface area contributed by atoms with Gasteiger partial charge in [0.15, 0.2) is 0 Å². The Bertz CT molecular complexity index is 608. The maximum atomic E-state index is 13.2. The minimum Gasteiger partial charge on any atom is -0.305 e. The summed E-state index contributed by atoms with van der Waals surface area (Å²) in [5.41, 5.74) is 0.942. The van der Waals surface area contributed by atoms with Crippen molar-refractivity contribution in [3.05, 3.63) is 65.0 Å². The number of nitrogens with one attached hydrogen (secondary N) is 1. The molecule has 1 N–H and O–H groups in total. The second-order valence-electron chi connectivity index (χ2n) is 4.78. The molecule has 1 heterocycles. The molecule has 2 nitrogen and oxygen atoms in total. The highest BCUT2D eigenvalue weighted by Crippen LogP contribution is 2.36. The Kier molecular flexibility index (Phi) is 4.63. The van der Waals surface area contributed by atoms with Crippen molar-refractivity contribution in [3.63, 3.8) is 0 Å². The first-order chi connectivity index (χ1) is 9.93. The highest BCUT2D eigenvalue weighted by molar-refractivity contribution is 5.37. The van der Waals surface area contributed by atoms with Crippen LogP contribution in [0.5, 0.6) is 0 Å². The average Bonchev–Trinajstić information content (AvgIpc) is 2.44. The first kappa shape index (κ1) is 15.5. The van der Waals surface area contributed by atoms with Gasteiger partial charge in [0.2, 0.25) is 0 Å². The van der Waals surface area contributed by atoms with E-state index in [9.17, 15) is 13.2 Å². The number of benzene rings is 1. The van der Waals surface area contributed by atoms with Crippen molar-refractivity contribution >= 4 is 0 Å². The Balaban J connectivity index is 2.54. The van der Waals surface area contributed by atoms with Crippen LogP contribution in [0.3, 0.4) is 0 Å². The molecule has 112 valence electrons. The Morgan fingerprint density at radius 3 is 2.43 bits per heavy atom. The number of hydrogen-bond acceptors (Lipinski definition) is 2. The van der Waals surface area contributed by atoms with Crippen LogP contribution in [0.15, 0.2) is 42.5 Å². The summed E-state index contributed by atoms with van der Waals surface area (Å²) >= 11 is 0. The van der Waals surface area contributed by atoms with E-state index in [1.165, 1.54) is 12.1 Å². The predicted molar refractivity (Wildman–Crippen MR) is 75.9 cm³/mol. The van der Waals surface area contributed by atoms with Gasteiger partial charge in [-0.25, -0.2) is 0 Å². The molecular weight excluding hydrogens is 277 g/mol. The van der Waals surface area contributed by atoms with E-state index in [2.05, 4.69) is 10.3 Å². The molecular formula is C16H17F3N2. The summed E-state index contributed by atoms with van der Waals surface area (Å²) < 4.78 is 39.6. The van der Waals surface area contributed by atoms with Crippen LogP contribution in [0, 0.1) is 6.92 Å². The molecule has 2 rings (SSSR count). The Labute approximate surface area is 122 Å². The lowest BCUT2D eigenvalue weighted by atomic mass is 9.97. The van der Waals surface area contributed by atoms with Crippen LogP contribution in [0.25, 0.3) is 0 Å². The van der Waals surface area contributed by atoms with Crippen molar-refractivity contribution in [2.24, 2.45) is 0 Å². The number of rotatable bonds is 4. The molecule has 0 amide bonds. The van der Waals surface area contributed by atoms with Gasteiger partial charge in [0.05, 0.1) is 17.3 Å². The van der Waals surface area contributed by atoms with Crippen LogP contribution in [-0.4, -0.2) is 11.5 Å². The van der Waals surface area contributed by atoms with Gasteiger partial charge in [-0.3, -0.25) is 4.98 Å². The molecule has 0 aliphatic rings. The summed E-state index contributed by atoms with van der Waals surface area (Å²) in [6, 6.07) is 10.4. The molecule has 1 atom stereocenters. The van der Waals surface area contributed by atoms with Gasteiger partial charge in [-0.1, -0.05) is 31.2 Å². The molecule has 0 aliphatic carbocycles. The van der Waals surface area contributed by atoms with E-state index >= 15 is 0 Å². The predicted octanol–water partition coefficient (Wildman–Crippen LogP) is 4.11. The van der Waals surface area contributed by atoms with E-state index in [0.29, 0.717) is 12.2 Å². The highest BCUT2D eigenvalue weighted by atomic mass is 19.4. The van der Waals surface area contributed by atoms with E-state index in [1.807, 2.05) is 19.9 Å². The summed E-state index contributed by atoms with van der Waals surface area (Å²) in [6.45, 7) is 4.23. The monoisotopic (exact) mass is 294 g/mol. The van der Waals surface area contributed by atoms with E-state index in [1.54, 1.807) is 18.2 Å². The van der Waals surface area contributed by atoms with Gasteiger partial charge in [0, 0.05) is 5.69 Å². The average molecular weight is 294 g/mol. The number of nitrogens with zero attached hydrogens (tertiary/aromatic N) is 1. The van der Waals surface area contributed by atoms with Crippen molar-refractivity contribution in [1.29, 1.82) is 0 Å². The molecule has 0 radical (unpaired) electrons. The summed E-state index contributed by atoms with van der Waals surface area (Å²) in [6.07, 6.45) is -4.38. The highest BCUT2D eigenvalue weighted by Gasteiger charge is 2.35. The van der Waals surface area contributed by atoms with Gasteiger partial charge < -0.3 is 5.32 Å². The second kappa shape index (κ2) is 6.26. The summed E-state index contributed by atoms with van der Waals surface area (Å²) in [5.74, 6) is 0. The minimum absolute atomic E-state index is 0.199. The molecule has 0 spiro atoms. The topological polar surface area (TPSA) is 24.9 Å². The Morgan fingerprint density at radius 1 is 1.10 bits per heavy atom. The van der Waals surface area contributed by atoms with Crippen LogP contribution in [0.1, 0.15) is 35.5 Å². The lowest BCUT2D eigenvalue weighted by Gasteiger charge is -2.22. The fourth-order valence-electron chi connectivity index (χ4n) is 2.31. The molecule has 0 aliphatic heterocycles. The minimum atomic E-state index is -4.38. The number of aromatic nitrogens is 1. The lowest BCUT2D eigenvalue weighted by Crippen LogP contribution is -2.26. The molecule has 0 bridgehead atoms. The molecule has 0 saturated heterocycles. The van der Waals surface area contributed by atoms with Gasteiger partial charge >= 0.3 is 6.18 Å². The molecule has 21 heavy (non-hydrogen) atoms. The zero-order valence-corrected chi connectivity index (χ0v) is 11.9. The fraction of sp³-hybridized carbons (Fsp3) is 0.312. The number of hydrogen-bond donors (Lipinski definition) is 1. The molecule has 2 aromatic rings. The van der Waals surface area contributed by atoms with Gasteiger partial charge in [-0.2, -0.15) is 13.2 Å². The SMILES string of the molecule is CCNC(c1cccc(C)n1)c1ccccc1C(F)(F)F. The van der Waals surface area contributed by atoms with Crippen molar-refractivity contribution in [1.82, 2.24) is 10.3 Å². The third-order valence-electron chi connectivity index (χ3n) is 3.19. The maximum absolute atomic E-state index is 13.2. The van der Waals surface area contributed by atoms with Gasteiger partial charge in [0.1, 0.15) is 0 Å².